The summed E-state index contributed by atoms with van der Waals surface area (Å²) in [6.45, 7) is 2.27. The van der Waals surface area contributed by atoms with Gasteiger partial charge in [0.1, 0.15) is 23.7 Å². The number of benzene rings is 2. The molecule has 2 aromatic rings. The summed E-state index contributed by atoms with van der Waals surface area (Å²) in [5.41, 5.74) is 0.767. The van der Waals surface area contributed by atoms with Crippen molar-refractivity contribution in [1.82, 2.24) is 0 Å². The summed E-state index contributed by atoms with van der Waals surface area (Å²) in [4.78, 5) is 12.7. The Kier molecular flexibility index (Phi) is 6.52. The highest BCUT2D eigenvalue weighted by Crippen LogP contribution is 2.38. The van der Waals surface area contributed by atoms with E-state index in [1.54, 1.807) is 24.3 Å². The van der Waals surface area contributed by atoms with Crippen LogP contribution in [-0.4, -0.2) is 53.3 Å². The number of aliphatic hydroxyl groups is 1. The second-order valence-corrected chi connectivity index (χ2v) is 8.28. The van der Waals surface area contributed by atoms with E-state index < -0.39 is 42.1 Å². The lowest BCUT2D eigenvalue weighted by atomic mass is 9.98. The smallest absolute Gasteiger partial charge is 0.338 e. The Bertz CT molecular complexity index is 801. The molecule has 0 spiro atoms. The van der Waals surface area contributed by atoms with Crippen molar-refractivity contribution in [3.8, 4) is 0 Å². The number of hydrogen-bond donors (Lipinski definition) is 1. The molecule has 1 unspecified atom stereocenters. The zero-order valence-corrected chi connectivity index (χ0v) is 16.9. The number of aliphatic hydroxyl groups excluding tert-OH is 1. The fourth-order valence-corrected chi connectivity index (χ4v) is 4.45. The largest absolute Gasteiger partial charge is 0.453 e. The van der Waals surface area contributed by atoms with Crippen LogP contribution in [0, 0.1) is 0 Å². The molecule has 154 valence electrons. The summed E-state index contributed by atoms with van der Waals surface area (Å²) in [5, 5.41) is 10.9. The van der Waals surface area contributed by atoms with Gasteiger partial charge in [-0.1, -0.05) is 55.5 Å². The van der Waals surface area contributed by atoms with Gasteiger partial charge in [-0.2, -0.15) is 0 Å². The van der Waals surface area contributed by atoms with Crippen molar-refractivity contribution in [2.45, 2.75) is 43.1 Å². The van der Waals surface area contributed by atoms with Gasteiger partial charge in [-0.25, -0.2) is 4.79 Å². The van der Waals surface area contributed by atoms with Crippen molar-refractivity contribution in [3.05, 3.63) is 71.8 Å². The van der Waals surface area contributed by atoms with E-state index in [4.69, 9.17) is 18.9 Å². The normalized spacial score (nSPS) is 31.7. The van der Waals surface area contributed by atoms with Gasteiger partial charge >= 0.3 is 5.97 Å². The van der Waals surface area contributed by atoms with Gasteiger partial charge in [0.05, 0.1) is 12.2 Å². The van der Waals surface area contributed by atoms with Crippen LogP contribution in [0.25, 0.3) is 0 Å². The molecule has 0 amide bonds. The summed E-state index contributed by atoms with van der Waals surface area (Å²) < 4.78 is 23.8. The van der Waals surface area contributed by atoms with E-state index in [1.807, 2.05) is 43.3 Å². The van der Waals surface area contributed by atoms with Crippen molar-refractivity contribution < 1.29 is 28.8 Å². The lowest BCUT2D eigenvalue weighted by Gasteiger charge is -2.47. The molecule has 0 bridgehead atoms. The number of carbonyl (C=O) groups excluding carboxylic acids is 1. The first-order chi connectivity index (χ1) is 14.2. The Hall–Kier alpha value is -1.90. The van der Waals surface area contributed by atoms with Crippen LogP contribution < -0.4 is 0 Å². The quantitative estimate of drug-likeness (QED) is 0.751. The number of fused-ring (bicyclic) bond motifs is 1. The Labute approximate surface area is 174 Å². The summed E-state index contributed by atoms with van der Waals surface area (Å²) in [5.74, 6) is 0.259. The molecule has 7 heteroatoms. The average molecular weight is 416 g/mol. The second-order valence-electron chi connectivity index (χ2n) is 6.90. The third kappa shape index (κ3) is 4.49. The molecule has 4 rings (SSSR count). The van der Waals surface area contributed by atoms with Crippen LogP contribution >= 0.6 is 11.8 Å². The molecule has 2 heterocycles. The molecule has 2 aromatic carbocycles. The van der Waals surface area contributed by atoms with Crippen LogP contribution in [0.3, 0.4) is 0 Å². The Morgan fingerprint density at radius 3 is 2.48 bits per heavy atom. The molecule has 0 radical (unpaired) electrons. The highest BCUT2D eigenvalue weighted by molar-refractivity contribution is 7.99. The first kappa shape index (κ1) is 20.4. The van der Waals surface area contributed by atoms with Gasteiger partial charge in [-0.15, -0.1) is 11.8 Å². The van der Waals surface area contributed by atoms with Gasteiger partial charge in [-0.05, 0) is 17.9 Å². The molecule has 6 nitrogen and oxygen atoms in total. The van der Waals surface area contributed by atoms with E-state index >= 15 is 0 Å². The van der Waals surface area contributed by atoms with Gasteiger partial charge in [0.15, 0.2) is 12.4 Å². The van der Waals surface area contributed by atoms with E-state index in [2.05, 4.69) is 0 Å². The SMILES string of the molecule is CCS[C@@H]1O[C@@H]2COC(c3ccccc3)O[C@H]2[C@H](OC(=O)c2ccccc2)[C@H]1O. The van der Waals surface area contributed by atoms with Crippen LogP contribution in [-0.2, 0) is 18.9 Å². The summed E-state index contributed by atoms with van der Waals surface area (Å²) in [6, 6.07) is 18.3. The zero-order chi connectivity index (χ0) is 20.2. The minimum absolute atomic E-state index is 0.289. The molecular weight excluding hydrogens is 392 g/mol. The van der Waals surface area contributed by atoms with E-state index in [-0.39, 0.29) is 6.61 Å². The molecule has 2 aliphatic rings. The highest BCUT2D eigenvalue weighted by atomic mass is 32.2. The topological polar surface area (TPSA) is 74.2 Å². The van der Waals surface area contributed by atoms with Crippen molar-refractivity contribution >= 4 is 17.7 Å². The molecular formula is C22H24O6S. The van der Waals surface area contributed by atoms with Crippen LogP contribution in [0.4, 0.5) is 0 Å². The molecule has 0 saturated carbocycles. The van der Waals surface area contributed by atoms with Crippen molar-refractivity contribution in [1.29, 1.82) is 0 Å². The van der Waals surface area contributed by atoms with Gasteiger partial charge < -0.3 is 24.1 Å². The number of rotatable bonds is 5. The van der Waals surface area contributed by atoms with Gasteiger partial charge in [-0.3, -0.25) is 0 Å². The first-order valence-electron chi connectivity index (χ1n) is 9.70. The lowest BCUT2D eigenvalue weighted by Crippen LogP contribution is -2.62. The maximum atomic E-state index is 12.7. The summed E-state index contributed by atoms with van der Waals surface area (Å²) in [7, 11) is 0. The maximum Gasteiger partial charge on any atom is 0.338 e. The highest BCUT2D eigenvalue weighted by Gasteiger charge is 2.51. The molecule has 2 aliphatic heterocycles. The van der Waals surface area contributed by atoms with Crippen molar-refractivity contribution in [2.75, 3.05) is 12.4 Å². The predicted molar refractivity (Wildman–Crippen MR) is 108 cm³/mol. The third-order valence-electron chi connectivity index (χ3n) is 4.96. The molecule has 1 N–H and O–H groups in total. The molecule has 0 aliphatic carbocycles. The van der Waals surface area contributed by atoms with Gasteiger partial charge in [0, 0.05) is 5.56 Å². The number of esters is 1. The molecule has 2 fully saturated rings. The van der Waals surface area contributed by atoms with E-state index in [0.717, 1.165) is 11.3 Å². The molecule has 6 atom stereocenters. The Morgan fingerprint density at radius 1 is 1.10 bits per heavy atom. The van der Waals surface area contributed by atoms with Crippen molar-refractivity contribution in [2.24, 2.45) is 0 Å². The zero-order valence-electron chi connectivity index (χ0n) is 16.0. The molecule has 2 saturated heterocycles. The van der Waals surface area contributed by atoms with Crippen LogP contribution in [0.1, 0.15) is 29.1 Å². The van der Waals surface area contributed by atoms with Crippen LogP contribution in [0.5, 0.6) is 0 Å². The number of thioether (sulfide) groups is 1. The van der Waals surface area contributed by atoms with Gasteiger partial charge in [0.25, 0.3) is 0 Å². The number of ether oxygens (including phenoxy) is 4. The van der Waals surface area contributed by atoms with Gasteiger partial charge in [0.2, 0.25) is 0 Å². The minimum Gasteiger partial charge on any atom is -0.453 e. The standard InChI is InChI=1S/C22H24O6S/c1-2-29-22-17(23)19(27-20(24)14-9-5-3-6-10-14)18-16(26-22)13-25-21(28-18)15-11-7-4-8-12-15/h3-12,16-19,21-23H,2,13H2,1H3/t16-,17-,18-,19-,21?,22+/m1/s1. The Balaban J connectivity index is 1.56. The molecule has 29 heavy (non-hydrogen) atoms. The fourth-order valence-electron chi connectivity index (χ4n) is 3.54. The minimum atomic E-state index is -1.01. The third-order valence-corrected chi connectivity index (χ3v) is 6.01. The molecule has 0 aromatic heterocycles. The van der Waals surface area contributed by atoms with E-state index in [1.165, 1.54) is 11.8 Å². The summed E-state index contributed by atoms with van der Waals surface area (Å²) in [6.07, 6.45) is -3.55. The van der Waals surface area contributed by atoms with Crippen LogP contribution in [0.15, 0.2) is 60.7 Å². The maximum absolute atomic E-state index is 12.7. The van der Waals surface area contributed by atoms with E-state index in [0.29, 0.717) is 5.56 Å². The van der Waals surface area contributed by atoms with E-state index in [9.17, 15) is 9.90 Å². The number of hydrogen-bond acceptors (Lipinski definition) is 7. The monoisotopic (exact) mass is 416 g/mol. The van der Waals surface area contributed by atoms with Crippen molar-refractivity contribution in [3.63, 3.8) is 0 Å². The predicted octanol–water partition coefficient (Wildman–Crippen LogP) is 3.17. The first-order valence-corrected chi connectivity index (χ1v) is 10.8. The average Bonchev–Trinajstić information content (AvgIpc) is 2.77. The number of carbonyl (C=O) groups is 1. The fraction of sp³-hybridized carbons (Fsp3) is 0.409. The Morgan fingerprint density at radius 2 is 1.79 bits per heavy atom. The lowest BCUT2D eigenvalue weighted by molar-refractivity contribution is -0.317. The summed E-state index contributed by atoms with van der Waals surface area (Å²) >= 11 is 1.47. The van der Waals surface area contributed by atoms with Crippen LogP contribution in [0.2, 0.25) is 0 Å². The second kappa shape index (κ2) is 9.28.